The predicted octanol–water partition coefficient (Wildman–Crippen LogP) is 2.37. The Bertz CT molecular complexity index is 975. The van der Waals surface area contributed by atoms with Crippen molar-refractivity contribution in [2.75, 3.05) is 23.4 Å². The predicted molar refractivity (Wildman–Crippen MR) is 108 cm³/mol. The lowest BCUT2D eigenvalue weighted by molar-refractivity contribution is -0.150. The number of carbonyl (C=O) groups is 2. The monoisotopic (exact) mass is 435 g/mol. The van der Waals surface area contributed by atoms with Gasteiger partial charge in [0, 0.05) is 23.6 Å². The van der Waals surface area contributed by atoms with Crippen molar-refractivity contribution in [2.45, 2.75) is 18.4 Å². The van der Waals surface area contributed by atoms with E-state index in [4.69, 9.17) is 10.5 Å². The van der Waals surface area contributed by atoms with Gasteiger partial charge in [-0.3, -0.25) is 9.59 Å². The second-order valence-electron chi connectivity index (χ2n) is 6.86. The van der Waals surface area contributed by atoms with Crippen LogP contribution in [0, 0.1) is 0 Å². The molecular weight excluding hydrogens is 415 g/mol. The zero-order valence-corrected chi connectivity index (χ0v) is 16.2. The van der Waals surface area contributed by atoms with Crippen LogP contribution in [0.2, 0.25) is 0 Å². The van der Waals surface area contributed by atoms with Gasteiger partial charge in [-0.05, 0) is 42.0 Å². The largest absolute Gasteiger partial charge is 0.416 e. The number of rotatable bonds is 5. The standard InChI is InChI=1S/C21H20F3N3O4/c1-12(25)13-2-6-15(7-3-13)26-19(29)17(28)18-20(30)27(10-11-31-18)16-8-4-14(5-9-16)21(22,23)24/h2-9,17-18,28H,1,10-11,25H2,(H,26,29)/t17-,18-/m1/s1. The van der Waals surface area contributed by atoms with E-state index in [2.05, 4.69) is 11.9 Å². The molecule has 10 heteroatoms. The summed E-state index contributed by atoms with van der Waals surface area (Å²) in [6.07, 6.45) is -7.83. The molecule has 1 aliphatic rings. The van der Waals surface area contributed by atoms with Crippen LogP contribution in [0.5, 0.6) is 0 Å². The smallest absolute Gasteiger partial charge is 0.399 e. The molecule has 3 rings (SSSR count). The van der Waals surface area contributed by atoms with E-state index in [0.29, 0.717) is 16.9 Å². The number of amides is 2. The highest BCUT2D eigenvalue weighted by Crippen LogP contribution is 2.31. The van der Waals surface area contributed by atoms with Gasteiger partial charge in [-0.2, -0.15) is 13.2 Å². The Morgan fingerprint density at radius 1 is 1.19 bits per heavy atom. The normalized spacial score (nSPS) is 17.9. The van der Waals surface area contributed by atoms with Gasteiger partial charge in [0.2, 0.25) is 0 Å². The van der Waals surface area contributed by atoms with Gasteiger partial charge in [-0.15, -0.1) is 0 Å². The minimum Gasteiger partial charge on any atom is -0.399 e. The molecular formula is C21H20F3N3O4. The molecule has 0 aliphatic carbocycles. The molecule has 0 radical (unpaired) electrons. The highest BCUT2D eigenvalue weighted by Gasteiger charge is 2.39. The fourth-order valence-electron chi connectivity index (χ4n) is 3.04. The average Bonchev–Trinajstić information content (AvgIpc) is 2.73. The molecule has 0 unspecified atom stereocenters. The van der Waals surface area contributed by atoms with E-state index in [9.17, 15) is 27.9 Å². The van der Waals surface area contributed by atoms with Crippen LogP contribution in [-0.2, 0) is 20.5 Å². The molecule has 2 aromatic carbocycles. The van der Waals surface area contributed by atoms with Crippen LogP contribution in [-0.4, -0.2) is 42.3 Å². The van der Waals surface area contributed by atoms with Crippen LogP contribution in [0.1, 0.15) is 11.1 Å². The molecule has 4 N–H and O–H groups in total. The Balaban J connectivity index is 1.69. The minimum atomic E-state index is -4.50. The summed E-state index contributed by atoms with van der Waals surface area (Å²) < 4.78 is 43.5. The van der Waals surface area contributed by atoms with Gasteiger partial charge in [0.05, 0.1) is 12.2 Å². The average molecular weight is 435 g/mol. The lowest BCUT2D eigenvalue weighted by Crippen LogP contribution is -2.55. The number of aliphatic hydroxyl groups excluding tert-OH is 1. The SMILES string of the molecule is C=C(N)c1ccc(NC(=O)[C@H](O)[C@H]2OCCN(c3ccc(C(F)(F)F)cc3)C2=O)cc1. The summed E-state index contributed by atoms with van der Waals surface area (Å²) in [6, 6.07) is 10.4. The van der Waals surface area contributed by atoms with Crippen molar-refractivity contribution >= 4 is 28.9 Å². The maximum absolute atomic E-state index is 12.7. The van der Waals surface area contributed by atoms with Crippen molar-refractivity contribution in [1.29, 1.82) is 0 Å². The third-order valence-corrected chi connectivity index (χ3v) is 4.71. The van der Waals surface area contributed by atoms with Gasteiger partial charge < -0.3 is 25.8 Å². The van der Waals surface area contributed by atoms with E-state index in [-0.39, 0.29) is 18.8 Å². The van der Waals surface area contributed by atoms with Crippen molar-refractivity contribution in [3.63, 3.8) is 0 Å². The summed E-state index contributed by atoms with van der Waals surface area (Å²) in [5.41, 5.74) is 6.31. The van der Waals surface area contributed by atoms with E-state index in [0.717, 1.165) is 24.3 Å². The molecule has 0 bridgehead atoms. The van der Waals surface area contributed by atoms with Crippen molar-refractivity contribution in [1.82, 2.24) is 0 Å². The van der Waals surface area contributed by atoms with E-state index in [1.165, 1.54) is 4.90 Å². The van der Waals surface area contributed by atoms with Gasteiger partial charge in [-0.25, -0.2) is 0 Å². The zero-order valence-electron chi connectivity index (χ0n) is 16.2. The lowest BCUT2D eigenvalue weighted by atomic mass is 10.1. The molecule has 0 aromatic heterocycles. The lowest BCUT2D eigenvalue weighted by Gasteiger charge is -2.34. The van der Waals surface area contributed by atoms with Crippen LogP contribution < -0.4 is 16.0 Å². The second-order valence-corrected chi connectivity index (χ2v) is 6.86. The highest BCUT2D eigenvalue weighted by molar-refractivity contribution is 6.03. The number of halogens is 3. The first-order valence-electron chi connectivity index (χ1n) is 9.22. The Morgan fingerprint density at radius 3 is 2.35 bits per heavy atom. The number of nitrogens with one attached hydrogen (secondary N) is 1. The first kappa shape index (κ1) is 22.3. The van der Waals surface area contributed by atoms with E-state index >= 15 is 0 Å². The van der Waals surface area contributed by atoms with Gasteiger partial charge in [-0.1, -0.05) is 18.7 Å². The summed E-state index contributed by atoms with van der Waals surface area (Å²) in [4.78, 5) is 26.3. The maximum atomic E-state index is 12.7. The van der Waals surface area contributed by atoms with Crippen molar-refractivity contribution in [3.8, 4) is 0 Å². The molecule has 1 heterocycles. The molecule has 1 aliphatic heterocycles. The summed E-state index contributed by atoms with van der Waals surface area (Å²) in [6.45, 7) is 3.66. The first-order valence-corrected chi connectivity index (χ1v) is 9.22. The summed E-state index contributed by atoms with van der Waals surface area (Å²) >= 11 is 0. The molecule has 1 saturated heterocycles. The number of aliphatic hydroxyl groups is 1. The molecule has 7 nitrogen and oxygen atoms in total. The number of anilines is 2. The number of nitrogens with two attached hydrogens (primary N) is 1. The highest BCUT2D eigenvalue weighted by atomic mass is 19.4. The van der Waals surface area contributed by atoms with Crippen LogP contribution in [0.3, 0.4) is 0 Å². The summed E-state index contributed by atoms with van der Waals surface area (Å²) in [5.74, 6) is -1.60. The minimum absolute atomic E-state index is 0.00488. The molecule has 2 amide bonds. The fraction of sp³-hybridized carbons (Fsp3) is 0.238. The van der Waals surface area contributed by atoms with Gasteiger partial charge in [0.15, 0.2) is 12.2 Å². The topological polar surface area (TPSA) is 105 Å². The number of alkyl halides is 3. The second kappa shape index (κ2) is 8.78. The molecule has 0 saturated carbocycles. The quantitative estimate of drug-likeness (QED) is 0.669. The van der Waals surface area contributed by atoms with Gasteiger partial charge >= 0.3 is 6.18 Å². The third-order valence-electron chi connectivity index (χ3n) is 4.71. The molecule has 1 fully saturated rings. The number of carbonyl (C=O) groups excluding carboxylic acids is 2. The Morgan fingerprint density at radius 2 is 1.81 bits per heavy atom. The third kappa shape index (κ3) is 5.04. The molecule has 0 spiro atoms. The number of hydrogen-bond acceptors (Lipinski definition) is 5. The maximum Gasteiger partial charge on any atom is 0.416 e. The van der Waals surface area contributed by atoms with Crippen LogP contribution in [0.25, 0.3) is 5.70 Å². The van der Waals surface area contributed by atoms with Gasteiger partial charge in [0.25, 0.3) is 11.8 Å². The van der Waals surface area contributed by atoms with Crippen LogP contribution in [0.4, 0.5) is 24.5 Å². The van der Waals surface area contributed by atoms with Crippen molar-refractivity contribution < 1.29 is 32.6 Å². The Kier molecular flexibility index (Phi) is 6.32. The molecule has 31 heavy (non-hydrogen) atoms. The molecule has 164 valence electrons. The molecule has 2 aromatic rings. The van der Waals surface area contributed by atoms with E-state index in [1.807, 2.05) is 0 Å². The summed E-state index contributed by atoms with van der Waals surface area (Å²) in [7, 11) is 0. The van der Waals surface area contributed by atoms with Crippen LogP contribution in [0.15, 0.2) is 55.1 Å². The number of hydrogen-bond donors (Lipinski definition) is 3. The Labute approximate surface area is 175 Å². The Hall–Kier alpha value is -3.37. The molecule has 2 atom stereocenters. The fourth-order valence-corrected chi connectivity index (χ4v) is 3.04. The number of morpholine rings is 1. The number of benzene rings is 2. The van der Waals surface area contributed by atoms with Crippen molar-refractivity contribution in [2.24, 2.45) is 5.73 Å². The van der Waals surface area contributed by atoms with Gasteiger partial charge in [0.1, 0.15) is 0 Å². The zero-order chi connectivity index (χ0) is 22.8. The van der Waals surface area contributed by atoms with E-state index in [1.54, 1.807) is 24.3 Å². The number of ether oxygens (including phenoxy) is 1. The van der Waals surface area contributed by atoms with E-state index < -0.39 is 35.8 Å². The van der Waals surface area contributed by atoms with Crippen molar-refractivity contribution in [3.05, 3.63) is 66.2 Å². The first-order chi connectivity index (χ1) is 14.6. The summed E-state index contributed by atoms with van der Waals surface area (Å²) in [5, 5.41) is 12.8. The van der Waals surface area contributed by atoms with Crippen LogP contribution >= 0.6 is 0 Å². The number of nitrogens with zero attached hydrogens (tertiary/aromatic N) is 1.